The van der Waals surface area contributed by atoms with Crippen molar-refractivity contribution in [3.05, 3.63) is 63.0 Å². The van der Waals surface area contributed by atoms with Gasteiger partial charge in [0.25, 0.3) is 5.91 Å². The highest BCUT2D eigenvalue weighted by Crippen LogP contribution is 2.33. The number of thioether (sulfide) groups is 1. The van der Waals surface area contributed by atoms with Gasteiger partial charge >= 0.3 is 11.7 Å². The molecule has 0 spiro atoms. The monoisotopic (exact) mass is 457 g/mol. The predicted octanol–water partition coefficient (Wildman–Crippen LogP) is 3.44. The molecular weight excluding hydrogens is 438 g/mol. The molecule has 1 aliphatic rings. The van der Waals surface area contributed by atoms with E-state index >= 15 is 0 Å². The summed E-state index contributed by atoms with van der Waals surface area (Å²) in [6.07, 6.45) is 1.67. The fraction of sp³-hybridized carbons (Fsp3) is 0.190. The number of nitro benzene ring substituents is 1. The lowest BCUT2D eigenvalue weighted by Crippen LogP contribution is -2.19. The minimum atomic E-state index is -0.561. The molecule has 10 nitrogen and oxygen atoms in total. The first-order valence-corrected chi connectivity index (χ1v) is 10.2. The highest BCUT2D eigenvalue weighted by molar-refractivity contribution is 8.18. The van der Waals surface area contributed by atoms with Gasteiger partial charge in [0, 0.05) is 6.07 Å². The zero-order valence-electron chi connectivity index (χ0n) is 17.2. The first-order chi connectivity index (χ1) is 15.4. The summed E-state index contributed by atoms with van der Waals surface area (Å²) in [7, 11) is 1.34. The van der Waals surface area contributed by atoms with E-state index in [1.165, 1.54) is 19.2 Å². The third kappa shape index (κ3) is 5.85. The predicted molar refractivity (Wildman–Crippen MR) is 119 cm³/mol. The molecule has 0 aliphatic carbocycles. The standard InChI is InChI=1S/C21H19N3O7S/c1-3-30-19(25)12-31-15-7-4-13(5-8-15)10-18-20(26)23-21(32-18)22-14-6-9-17(29-2)16(11-14)24(27)28/h4-11H,3,12H2,1-2H3,(H,22,23,26)/b18-10-. The number of hydrogen-bond donors (Lipinski definition) is 1. The molecule has 0 saturated carbocycles. The second kappa shape index (κ2) is 10.4. The Kier molecular flexibility index (Phi) is 7.45. The number of amidine groups is 1. The number of rotatable bonds is 8. The number of benzene rings is 2. The van der Waals surface area contributed by atoms with Gasteiger partial charge in [0.1, 0.15) is 5.75 Å². The van der Waals surface area contributed by atoms with Crippen LogP contribution in [0.4, 0.5) is 11.4 Å². The maximum Gasteiger partial charge on any atom is 0.344 e. The topological polar surface area (TPSA) is 129 Å². The number of hydrogen-bond acceptors (Lipinski definition) is 9. The van der Waals surface area contributed by atoms with E-state index in [2.05, 4.69) is 10.3 Å². The number of amides is 1. The Bertz CT molecular complexity index is 1100. The molecule has 1 fully saturated rings. The van der Waals surface area contributed by atoms with Crippen molar-refractivity contribution in [3.63, 3.8) is 0 Å². The van der Waals surface area contributed by atoms with Crippen molar-refractivity contribution in [3.8, 4) is 11.5 Å². The summed E-state index contributed by atoms with van der Waals surface area (Å²) in [5.74, 6) is -0.171. The normalized spacial score (nSPS) is 15.5. The summed E-state index contributed by atoms with van der Waals surface area (Å²) in [6.45, 7) is 1.82. The molecule has 1 aliphatic heterocycles. The summed E-state index contributed by atoms with van der Waals surface area (Å²) in [5.41, 5.74) is 0.835. The van der Waals surface area contributed by atoms with Crippen molar-refractivity contribution in [2.45, 2.75) is 6.92 Å². The Morgan fingerprint density at radius 2 is 2.00 bits per heavy atom. The van der Waals surface area contributed by atoms with Gasteiger partial charge in [-0.25, -0.2) is 9.79 Å². The first-order valence-electron chi connectivity index (χ1n) is 9.40. The Hall–Kier alpha value is -3.86. The third-order valence-electron chi connectivity index (χ3n) is 4.08. The van der Waals surface area contributed by atoms with E-state index in [0.29, 0.717) is 21.5 Å². The lowest BCUT2D eigenvalue weighted by atomic mass is 10.2. The molecular formula is C21H19N3O7S. The second-order valence-electron chi connectivity index (χ2n) is 6.26. The van der Waals surface area contributed by atoms with Gasteiger partial charge in [0.2, 0.25) is 0 Å². The Labute approximate surface area is 187 Å². The largest absolute Gasteiger partial charge is 0.490 e. The number of nitrogens with one attached hydrogen (secondary N) is 1. The van der Waals surface area contributed by atoms with Crippen LogP contribution in [0.5, 0.6) is 11.5 Å². The van der Waals surface area contributed by atoms with E-state index in [-0.39, 0.29) is 30.6 Å². The summed E-state index contributed by atoms with van der Waals surface area (Å²) in [5, 5.41) is 14.1. The molecule has 0 atom stereocenters. The summed E-state index contributed by atoms with van der Waals surface area (Å²) in [4.78, 5) is 38.9. The molecule has 11 heteroatoms. The molecule has 0 bridgehead atoms. The summed E-state index contributed by atoms with van der Waals surface area (Å²) >= 11 is 1.11. The van der Waals surface area contributed by atoms with Crippen LogP contribution in [0, 0.1) is 10.1 Å². The molecule has 2 aromatic carbocycles. The van der Waals surface area contributed by atoms with Crippen LogP contribution in [0.25, 0.3) is 6.08 Å². The zero-order chi connectivity index (χ0) is 23.1. The van der Waals surface area contributed by atoms with Gasteiger partial charge in [-0.15, -0.1) is 0 Å². The number of carbonyl (C=O) groups excluding carboxylic acids is 2. The lowest BCUT2D eigenvalue weighted by Gasteiger charge is -2.05. The summed E-state index contributed by atoms with van der Waals surface area (Å²) in [6, 6.07) is 11.1. The number of nitro groups is 1. The van der Waals surface area contributed by atoms with Crippen LogP contribution in [-0.2, 0) is 14.3 Å². The van der Waals surface area contributed by atoms with Crippen LogP contribution in [0.2, 0.25) is 0 Å². The van der Waals surface area contributed by atoms with E-state index in [9.17, 15) is 19.7 Å². The molecule has 3 rings (SSSR count). The first kappa shape index (κ1) is 22.8. The number of ether oxygens (including phenoxy) is 3. The maximum absolute atomic E-state index is 12.3. The molecule has 2 aromatic rings. The van der Waals surface area contributed by atoms with E-state index in [4.69, 9.17) is 14.2 Å². The number of methoxy groups -OCH3 is 1. The quantitative estimate of drug-likeness (QED) is 0.276. The van der Waals surface area contributed by atoms with Crippen molar-refractivity contribution >= 4 is 46.3 Å². The molecule has 1 heterocycles. The van der Waals surface area contributed by atoms with Gasteiger partial charge in [-0.2, -0.15) is 0 Å². The maximum atomic E-state index is 12.3. The molecule has 166 valence electrons. The van der Waals surface area contributed by atoms with Crippen LogP contribution in [-0.4, -0.2) is 42.3 Å². The molecule has 0 unspecified atom stereocenters. The minimum absolute atomic E-state index is 0.123. The van der Waals surface area contributed by atoms with Crippen LogP contribution in [0.3, 0.4) is 0 Å². The lowest BCUT2D eigenvalue weighted by molar-refractivity contribution is -0.385. The zero-order valence-corrected chi connectivity index (χ0v) is 18.0. The fourth-order valence-corrected chi connectivity index (χ4v) is 3.49. The van der Waals surface area contributed by atoms with E-state index in [1.54, 1.807) is 43.3 Å². The highest BCUT2D eigenvalue weighted by atomic mass is 32.2. The van der Waals surface area contributed by atoms with Gasteiger partial charge in [0.05, 0.1) is 29.2 Å². The van der Waals surface area contributed by atoms with Crippen LogP contribution < -0.4 is 14.8 Å². The van der Waals surface area contributed by atoms with Gasteiger partial charge in [-0.05, 0) is 54.6 Å². The second-order valence-corrected chi connectivity index (χ2v) is 7.29. The molecule has 1 amide bonds. The van der Waals surface area contributed by atoms with Crippen molar-refractivity contribution in [1.82, 2.24) is 5.32 Å². The van der Waals surface area contributed by atoms with E-state index in [1.807, 2.05) is 0 Å². The van der Waals surface area contributed by atoms with Gasteiger partial charge in [0.15, 0.2) is 17.5 Å². The Balaban J connectivity index is 1.69. The van der Waals surface area contributed by atoms with Crippen LogP contribution in [0.15, 0.2) is 52.4 Å². The van der Waals surface area contributed by atoms with Crippen LogP contribution in [0.1, 0.15) is 12.5 Å². The molecule has 0 aromatic heterocycles. The van der Waals surface area contributed by atoms with Crippen molar-refractivity contribution < 1.29 is 28.7 Å². The smallest absolute Gasteiger partial charge is 0.344 e. The Morgan fingerprint density at radius 1 is 1.25 bits per heavy atom. The summed E-state index contributed by atoms with van der Waals surface area (Å²) < 4.78 is 15.1. The van der Waals surface area contributed by atoms with Gasteiger partial charge < -0.3 is 19.5 Å². The number of aliphatic imine (C=N–C) groups is 1. The minimum Gasteiger partial charge on any atom is -0.490 e. The molecule has 0 radical (unpaired) electrons. The number of carbonyl (C=O) groups is 2. The number of nitrogens with zero attached hydrogens (tertiary/aromatic N) is 2. The molecule has 1 saturated heterocycles. The van der Waals surface area contributed by atoms with Crippen LogP contribution >= 0.6 is 11.8 Å². The van der Waals surface area contributed by atoms with E-state index < -0.39 is 10.9 Å². The van der Waals surface area contributed by atoms with Crippen molar-refractivity contribution in [1.29, 1.82) is 0 Å². The average Bonchev–Trinajstić information content (AvgIpc) is 3.11. The fourth-order valence-electron chi connectivity index (χ4n) is 2.64. The SMILES string of the molecule is CCOC(=O)COc1ccc(/C=C2\SC(=Nc3ccc(OC)c([N+](=O)[O-])c3)NC2=O)cc1. The molecule has 1 N–H and O–H groups in total. The molecule has 32 heavy (non-hydrogen) atoms. The number of esters is 1. The Morgan fingerprint density at radius 3 is 2.66 bits per heavy atom. The van der Waals surface area contributed by atoms with Crippen molar-refractivity contribution in [2.75, 3.05) is 20.3 Å². The van der Waals surface area contributed by atoms with Gasteiger partial charge in [-0.3, -0.25) is 14.9 Å². The van der Waals surface area contributed by atoms with E-state index in [0.717, 1.165) is 17.3 Å². The average molecular weight is 457 g/mol. The third-order valence-corrected chi connectivity index (χ3v) is 4.99. The highest BCUT2D eigenvalue weighted by Gasteiger charge is 2.24. The van der Waals surface area contributed by atoms with Crippen molar-refractivity contribution in [2.24, 2.45) is 4.99 Å². The van der Waals surface area contributed by atoms with Gasteiger partial charge in [-0.1, -0.05) is 12.1 Å².